The summed E-state index contributed by atoms with van der Waals surface area (Å²) in [5, 5.41) is 21.4. The molecule has 6 rings (SSSR count). The lowest BCUT2D eigenvalue weighted by Crippen LogP contribution is -2.51. The first-order valence-corrected chi connectivity index (χ1v) is 15.1. The second-order valence-electron chi connectivity index (χ2n) is 12.6. The number of aromatic nitrogens is 3. The highest BCUT2D eigenvalue weighted by Crippen LogP contribution is 2.61. The second kappa shape index (κ2) is 11.0. The molecule has 4 atom stereocenters. The van der Waals surface area contributed by atoms with Gasteiger partial charge in [0.1, 0.15) is 11.5 Å². The predicted molar refractivity (Wildman–Crippen MR) is 156 cm³/mol. The van der Waals surface area contributed by atoms with Gasteiger partial charge in [-0.15, -0.1) is 0 Å². The molecule has 15 heteroatoms. The van der Waals surface area contributed by atoms with E-state index in [0.717, 1.165) is 5.56 Å². The summed E-state index contributed by atoms with van der Waals surface area (Å²) in [5.41, 5.74) is -1.63. The van der Waals surface area contributed by atoms with Gasteiger partial charge in [-0.2, -0.15) is 13.2 Å². The number of ether oxygens (including phenoxy) is 1. The zero-order valence-electron chi connectivity index (χ0n) is 24.6. The first-order valence-electron chi connectivity index (χ1n) is 14.7. The molecule has 2 saturated heterocycles. The van der Waals surface area contributed by atoms with Crippen molar-refractivity contribution >= 4 is 34.6 Å². The lowest BCUT2D eigenvalue weighted by molar-refractivity contribution is -0.165. The summed E-state index contributed by atoms with van der Waals surface area (Å²) in [6, 6.07) is 8.07. The molecule has 3 fully saturated rings. The van der Waals surface area contributed by atoms with Crippen LogP contribution < -0.4 is 5.56 Å². The zero-order chi connectivity index (χ0) is 32.5. The largest absolute Gasteiger partial charge is 0.465 e. The number of aliphatic hydroxyl groups is 1. The summed E-state index contributed by atoms with van der Waals surface area (Å²) < 4.78 is 48.0. The van der Waals surface area contributed by atoms with Gasteiger partial charge in [0.05, 0.1) is 54.2 Å². The van der Waals surface area contributed by atoms with Crippen molar-refractivity contribution in [2.75, 3.05) is 26.2 Å². The number of rotatable bonds is 5. The van der Waals surface area contributed by atoms with Gasteiger partial charge in [0.25, 0.3) is 5.56 Å². The van der Waals surface area contributed by atoms with Crippen LogP contribution in [0.5, 0.6) is 0 Å². The van der Waals surface area contributed by atoms with Crippen molar-refractivity contribution in [3.8, 4) is 5.69 Å². The number of likely N-dealkylation sites (tertiary alicyclic amines) is 1. The molecule has 3 aromatic rings. The van der Waals surface area contributed by atoms with Gasteiger partial charge < -0.3 is 19.8 Å². The van der Waals surface area contributed by atoms with Crippen LogP contribution in [0.4, 0.5) is 18.0 Å². The molecule has 0 unspecified atom stereocenters. The highest BCUT2D eigenvalue weighted by molar-refractivity contribution is 6.31. The number of carbonyl (C=O) groups excluding carboxylic acids is 1. The molecule has 2 N–H and O–H groups in total. The third-order valence-electron chi connectivity index (χ3n) is 9.46. The van der Waals surface area contributed by atoms with Crippen LogP contribution in [0.25, 0.3) is 16.7 Å². The summed E-state index contributed by atoms with van der Waals surface area (Å²) in [6.07, 6.45) is -4.41. The van der Waals surface area contributed by atoms with E-state index in [0.29, 0.717) is 11.3 Å². The molecule has 45 heavy (non-hydrogen) atoms. The lowest BCUT2D eigenvalue weighted by atomic mass is 9.90. The van der Waals surface area contributed by atoms with Gasteiger partial charge in [-0.3, -0.25) is 23.6 Å². The Bertz CT molecular complexity index is 1700. The molecule has 2 amide bonds. The first kappa shape index (κ1) is 31.4. The minimum absolute atomic E-state index is 0.0777. The fourth-order valence-corrected chi connectivity index (χ4v) is 6.91. The van der Waals surface area contributed by atoms with Crippen molar-refractivity contribution in [1.82, 2.24) is 23.9 Å². The molecule has 0 radical (unpaired) electrons. The highest BCUT2D eigenvalue weighted by Gasteiger charge is 2.68. The first-order chi connectivity index (χ1) is 21.1. The summed E-state index contributed by atoms with van der Waals surface area (Å²) in [5.74, 6) is -2.21. The lowest BCUT2D eigenvalue weighted by Gasteiger charge is -2.39. The number of nitrogens with zero attached hydrogens (tertiary/aromatic N) is 5. The Hall–Kier alpha value is -3.62. The maximum absolute atomic E-state index is 13.5. The molecule has 4 heterocycles. The van der Waals surface area contributed by atoms with E-state index in [4.69, 9.17) is 16.3 Å². The molecule has 3 aliphatic rings. The van der Waals surface area contributed by atoms with Crippen LogP contribution in [0.2, 0.25) is 5.15 Å². The van der Waals surface area contributed by atoms with Crippen LogP contribution in [-0.4, -0.2) is 90.3 Å². The number of amides is 2. The number of benzene rings is 1. The van der Waals surface area contributed by atoms with Crippen LogP contribution in [0.3, 0.4) is 0 Å². The van der Waals surface area contributed by atoms with Crippen LogP contribution >= 0.6 is 11.6 Å². The highest BCUT2D eigenvalue weighted by atomic mass is 35.5. The quantitative estimate of drug-likeness (QED) is 0.423. The monoisotopic (exact) mass is 651 g/mol. The van der Waals surface area contributed by atoms with E-state index < -0.39 is 46.7 Å². The van der Waals surface area contributed by atoms with E-state index in [1.165, 1.54) is 33.7 Å². The normalized spacial score (nSPS) is 26.7. The molecule has 0 spiro atoms. The smallest absolute Gasteiger partial charge is 0.407 e. The van der Waals surface area contributed by atoms with Gasteiger partial charge in [0.2, 0.25) is 5.91 Å². The number of carboxylic acid groups (broad SMARTS) is 1. The molecule has 2 aliphatic heterocycles. The fraction of sp³-hybridized carbons (Fsp3) is 0.533. The van der Waals surface area contributed by atoms with Crippen molar-refractivity contribution in [2.24, 2.45) is 11.3 Å². The topological polar surface area (TPSA) is 130 Å². The fourth-order valence-electron chi connectivity index (χ4n) is 6.62. The third-order valence-corrected chi connectivity index (χ3v) is 9.74. The molecule has 1 aromatic carbocycles. The Balaban J connectivity index is 1.17. The van der Waals surface area contributed by atoms with Crippen molar-refractivity contribution < 1.29 is 37.7 Å². The van der Waals surface area contributed by atoms with E-state index in [2.05, 4.69) is 4.98 Å². The van der Waals surface area contributed by atoms with E-state index >= 15 is 0 Å². The van der Waals surface area contributed by atoms with Crippen molar-refractivity contribution in [1.29, 1.82) is 0 Å². The third kappa shape index (κ3) is 5.67. The van der Waals surface area contributed by atoms with Crippen LogP contribution in [-0.2, 0) is 16.1 Å². The Morgan fingerprint density at radius 3 is 2.44 bits per heavy atom. The summed E-state index contributed by atoms with van der Waals surface area (Å²) in [4.78, 5) is 45.3. The molecular weight excluding hydrogens is 619 g/mol. The van der Waals surface area contributed by atoms with E-state index in [9.17, 15) is 37.8 Å². The van der Waals surface area contributed by atoms with Crippen molar-refractivity contribution in [3.63, 3.8) is 0 Å². The average molecular weight is 652 g/mol. The Morgan fingerprint density at radius 1 is 1.18 bits per heavy atom. The SMILES string of the molecule is C[C@H]1CN(C(=O)O)[C@H](c2ccc(-n3c(Cl)cc4c(=O)n(CC5(O)CCN(C(=O)[C@]6(C)C[C@H]6C(F)(F)F)CC5)cnc43)cc2)CO1. The van der Waals surface area contributed by atoms with E-state index in [1.807, 2.05) is 6.92 Å². The van der Waals surface area contributed by atoms with Gasteiger partial charge in [-0.1, -0.05) is 30.7 Å². The molecule has 2 aromatic heterocycles. The zero-order valence-corrected chi connectivity index (χ0v) is 25.4. The maximum Gasteiger partial charge on any atom is 0.407 e. The van der Waals surface area contributed by atoms with Gasteiger partial charge in [-0.25, -0.2) is 9.78 Å². The van der Waals surface area contributed by atoms with Gasteiger partial charge in [0, 0.05) is 18.8 Å². The number of fused-ring (bicyclic) bond motifs is 1. The van der Waals surface area contributed by atoms with Crippen LogP contribution in [0.15, 0.2) is 41.5 Å². The van der Waals surface area contributed by atoms with Gasteiger partial charge >= 0.3 is 12.3 Å². The minimum atomic E-state index is -4.42. The molecule has 242 valence electrons. The number of alkyl halides is 3. The number of hydrogen-bond acceptors (Lipinski definition) is 6. The standard InChI is InChI=1S/C30H33ClF3N5O6/c1-17-13-38(27(42)43)21(14-45-17)18-3-5-19(6-4-18)39-23(31)11-20-24(39)35-16-37(25(20)40)15-29(44)7-9-36(10-8-29)26(41)28(2)12-22(28)30(32,33)34/h3-6,11,16-17,21-22,44H,7-10,12-15H2,1-2H3,(H,42,43)/t17-,21-,22+,28+/m0/s1. The predicted octanol–water partition coefficient (Wildman–Crippen LogP) is 4.22. The maximum atomic E-state index is 13.5. The average Bonchev–Trinajstić information content (AvgIpc) is 3.59. The summed E-state index contributed by atoms with van der Waals surface area (Å²) >= 11 is 6.55. The van der Waals surface area contributed by atoms with Gasteiger partial charge in [-0.05, 0) is 49.9 Å². The van der Waals surface area contributed by atoms with E-state index in [-0.39, 0.29) is 68.7 Å². The van der Waals surface area contributed by atoms with Crippen LogP contribution in [0.1, 0.15) is 44.7 Å². The Morgan fingerprint density at radius 2 is 1.84 bits per heavy atom. The summed E-state index contributed by atoms with van der Waals surface area (Å²) in [7, 11) is 0. The van der Waals surface area contributed by atoms with Crippen molar-refractivity contribution in [3.05, 3.63) is 57.7 Å². The molecule has 1 saturated carbocycles. The Labute approximate surface area is 260 Å². The van der Waals surface area contributed by atoms with Gasteiger partial charge in [0.15, 0.2) is 5.65 Å². The number of halogens is 4. The second-order valence-corrected chi connectivity index (χ2v) is 13.0. The number of piperidine rings is 1. The van der Waals surface area contributed by atoms with E-state index in [1.54, 1.807) is 28.8 Å². The molecule has 0 bridgehead atoms. The number of morpholine rings is 1. The number of carbonyl (C=O) groups is 2. The molecule has 1 aliphatic carbocycles. The Kier molecular flexibility index (Phi) is 7.68. The summed E-state index contributed by atoms with van der Waals surface area (Å²) in [6.45, 7) is 3.66. The molecular formula is C30H33ClF3N5O6. The van der Waals surface area contributed by atoms with Crippen LogP contribution in [0, 0.1) is 11.3 Å². The van der Waals surface area contributed by atoms with Crippen molar-refractivity contribution in [2.45, 2.75) is 63.6 Å². The molecule has 11 nitrogen and oxygen atoms in total. The number of hydrogen-bond donors (Lipinski definition) is 2. The minimum Gasteiger partial charge on any atom is -0.465 e.